The summed E-state index contributed by atoms with van der Waals surface area (Å²) in [6.45, 7) is 0.711. The van der Waals surface area contributed by atoms with Crippen LogP contribution in [0.3, 0.4) is 0 Å². The van der Waals surface area contributed by atoms with E-state index >= 15 is 0 Å². The second-order valence-corrected chi connectivity index (χ2v) is 16.9. The topological polar surface area (TPSA) is 218 Å². The molecule has 0 unspecified atom stereocenters. The summed E-state index contributed by atoms with van der Waals surface area (Å²) in [7, 11) is 0. The molecular formula is C37H51N7O7Se2. The molecule has 288 valence electrons. The molecule has 0 bridgehead atoms. The van der Waals surface area contributed by atoms with Crippen molar-refractivity contribution in [1.82, 2.24) is 31.9 Å². The molecule has 1 saturated heterocycles. The van der Waals surface area contributed by atoms with Crippen LogP contribution in [0.25, 0.3) is 0 Å². The summed E-state index contributed by atoms with van der Waals surface area (Å²) < 4.78 is 0. The van der Waals surface area contributed by atoms with Crippen molar-refractivity contribution in [3.8, 4) is 0 Å². The third-order valence-corrected chi connectivity index (χ3v) is 11.3. The molecule has 0 spiro atoms. The average Bonchev–Trinajstić information content (AvgIpc) is 3.70. The fraction of sp³-hybridized carbons (Fsp3) is 0.486. The number of amides is 6. The van der Waals surface area contributed by atoms with Crippen LogP contribution in [-0.4, -0.2) is 114 Å². The molecule has 14 nitrogen and oxygen atoms in total. The summed E-state index contributed by atoms with van der Waals surface area (Å²) in [5.74, 6) is 0.112. The van der Waals surface area contributed by atoms with Crippen molar-refractivity contribution in [1.29, 1.82) is 0 Å². The monoisotopic (exact) mass is 865 g/mol. The van der Waals surface area contributed by atoms with E-state index in [4.69, 9.17) is 5.73 Å². The number of rotatable bonds is 23. The third kappa shape index (κ3) is 15.4. The van der Waals surface area contributed by atoms with Crippen LogP contribution < -0.4 is 37.6 Å². The summed E-state index contributed by atoms with van der Waals surface area (Å²) in [6, 6.07) is 12.0. The van der Waals surface area contributed by atoms with Gasteiger partial charge in [0.05, 0.1) is 0 Å². The Kier molecular flexibility index (Phi) is 19.3. The van der Waals surface area contributed by atoms with Crippen molar-refractivity contribution < 1.29 is 33.6 Å². The summed E-state index contributed by atoms with van der Waals surface area (Å²) in [6.07, 6.45) is 2.51. The maximum atomic E-state index is 14.0. The minimum atomic E-state index is -1.50. The molecule has 0 saturated carbocycles. The van der Waals surface area contributed by atoms with Gasteiger partial charge in [-0.15, -0.1) is 0 Å². The first kappa shape index (κ1) is 43.3. The van der Waals surface area contributed by atoms with Crippen LogP contribution >= 0.6 is 0 Å². The van der Waals surface area contributed by atoms with Gasteiger partial charge in [0.1, 0.15) is 0 Å². The number of hydrogen-bond acceptors (Lipinski definition) is 8. The summed E-state index contributed by atoms with van der Waals surface area (Å²) in [4.78, 5) is 91.9. The summed E-state index contributed by atoms with van der Waals surface area (Å²) in [5, 5.41) is 18.2. The molecule has 0 aliphatic carbocycles. The zero-order chi connectivity index (χ0) is 38.6. The molecule has 1 aliphatic heterocycles. The Morgan fingerprint density at radius 2 is 1.21 bits per heavy atom. The van der Waals surface area contributed by atoms with Gasteiger partial charge in [-0.25, -0.2) is 0 Å². The molecule has 2 aromatic rings. The van der Waals surface area contributed by atoms with Crippen LogP contribution in [0.5, 0.6) is 0 Å². The van der Waals surface area contributed by atoms with Gasteiger partial charge in [-0.05, 0) is 0 Å². The van der Waals surface area contributed by atoms with Crippen LogP contribution in [0.2, 0.25) is 22.3 Å². The van der Waals surface area contributed by atoms with E-state index in [9.17, 15) is 33.6 Å². The van der Waals surface area contributed by atoms with E-state index in [0.717, 1.165) is 17.3 Å². The molecule has 1 aliphatic rings. The Hall–Kier alpha value is -4.07. The average molecular weight is 864 g/mol. The van der Waals surface area contributed by atoms with Gasteiger partial charge in [0.2, 0.25) is 0 Å². The number of aldehydes is 1. The molecule has 8 N–H and O–H groups in total. The first-order chi connectivity index (χ1) is 25.5. The number of carbonyl (C=O) groups excluding carboxylic acids is 7. The second kappa shape index (κ2) is 23.6. The Balaban J connectivity index is 1.84. The minimum absolute atomic E-state index is 0.0387. The van der Waals surface area contributed by atoms with Gasteiger partial charge in [0.15, 0.2) is 0 Å². The Bertz CT molecular complexity index is 1510. The number of hydrogen-bond donors (Lipinski definition) is 7. The zero-order valence-electron chi connectivity index (χ0n) is 30.1. The molecule has 0 aromatic heterocycles. The zero-order valence-corrected chi connectivity index (χ0v) is 33.6. The molecular weight excluding hydrogens is 812 g/mol. The fourth-order valence-electron chi connectivity index (χ4n) is 5.73. The van der Waals surface area contributed by atoms with E-state index in [0.29, 0.717) is 57.9 Å². The van der Waals surface area contributed by atoms with Gasteiger partial charge < -0.3 is 0 Å². The summed E-state index contributed by atoms with van der Waals surface area (Å²) >= 11 is 0.518. The van der Waals surface area contributed by atoms with Crippen LogP contribution in [0.1, 0.15) is 43.2 Å². The van der Waals surface area contributed by atoms with Gasteiger partial charge in [0.25, 0.3) is 0 Å². The van der Waals surface area contributed by atoms with Crippen molar-refractivity contribution >= 4 is 71.6 Å². The Labute approximate surface area is 323 Å². The predicted octanol–water partition coefficient (Wildman–Crippen LogP) is -0.156. The van der Waals surface area contributed by atoms with E-state index in [2.05, 4.69) is 31.9 Å². The number of benzene rings is 2. The van der Waals surface area contributed by atoms with E-state index < -0.39 is 72.2 Å². The van der Waals surface area contributed by atoms with Crippen molar-refractivity contribution in [3.63, 3.8) is 0 Å². The number of nitrogens with one attached hydrogen (secondary N) is 6. The van der Waals surface area contributed by atoms with Crippen molar-refractivity contribution in [2.75, 3.05) is 6.54 Å². The van der Waals surface area contributed by atoms with Crippen molar-refractivity contribution in [2.45, 2.75) is 103 Å². The van der Waals surface area contributed by atoms with E-state index in [-0.39, 0.29) is 33.7 Å². The molecule has 6 amide bonds. The van der Waals surface area contributed by atoms with E-state index in [1.165, 1.54) is 0 Å². The van der Waals surface area contributed by atoms with Gasteiger partial charge in [-0.2, -0.15) is 0 Å². The molecule has 53 heavy (non-hydrogen) atoms. The van der Waals surface area contributed by atoms with Gasteiger partial charge >= 0.3 is 325 Å². The van der Waals surface area contributed by atoms with Crippen LogP contribution in [-0.2, 0) is 46.4 Å². The fourth-order valence-corrected chi connectivity index (χ4v) is 7.75. The molecule has 6 atom stereocenters. The van der Waals surface area contributed by atoms with Crippen LogP contribution in [0.15, 0.2) is 60.7 Å². The van der Waals surface area contributed by atoms with E-state index in [1.54, 1.807) is 48.5 Å². The number of primary amides is 1. The third-order valence-electron chi connectivity index (χ3n) is 8.61. The van der Waals surface area contributed by atoms with Gasteiger partial charge in [-0.1, -0.05) is 0 Å². The first-order valence-corrected chi connectivity index (χ1v) is 23.4. The molecule has 1 heterocycles. The van der Waals surface area contributed by atoms with Crippen LogP contribution in [0, 0.1) is 0 Å². The Morgan fingerprint density at radius 1 is 0.717 bits per heavy atom. The molecule has 16 heteroatoms. The molecule has 2 aromatic carbocycles. The Morgan fingerprint density at radius 3 is 1.70 bits per heavy atom. The molecule has 1 fully saturated rings. The van der Waals surface area contributed by atoms with Gasteiger partial charge in [-0.3, -0.25) is 0 Å². The standard InChI is InChI=1S/C37H51N7O7Se2/c1-52-18-15-26(23-45)40-35(49)29(20-24-10-5-3-6-11-24)43-37(51)31(22-32(38)46)44-36(50)30(21-25-12-7-4-8-13-25)42-34(48)28(16-19-53-2)41-33(47)27-14-9-17-39-27/h3-8,10-13,23,26-31,39H,9,14-22H2,1-2H3,(H2,38,46)(H,40,49)(H,41,47)(H,42,48)(H,43,51)(H,44,50)/t26-,27-,28-,29-,30-,31-/m0/s1. The molecule has 0 radical (unpaired) electrons. The normalized spacial score (nSPS) is 16.5. The second-order valence-electron chi connectivity index (χ2n) is 12.8. The quantitative estimate of drug-likeness (QED) is 0.0588. The number of nitrogens with two attached hydrogens (primary N) is 1. The van der Waals surface area contributed by atoms with Crippen LogP contribution in [0.4, 0.5) is 0 Å². The summed E-state index contributed by atoms with van der Waals surface area (Å²) in [5.41, 5.74) is 6.95. The first-order valence-electron chi connectivity index (χ1n) is 17.6. The number of carbonyl (C=O) groups is 7. The van der Waals surface area contributed by atoms with E-state index in [1.807, 2.05) is 23.8 Å². The predicted molar refractivity (Wildman–Crippen MR) is 203 cm³/mol. The van der Waals surface area contributed by atoms with Crippen molar-refractivity contribution in [2.24, 2.45) is 5.73 Å². The molecule has 3 rings (SSSR count). The van der Waals surface area contributed by atoms with Gasteiger partial charge in [0, 0.05) is 0 Å². The SMILES string of the molecule is C[Se]CC[C@@H](C=O)NC(=O)[C@H](Cc1ccccc1)NC(=O)[C@H](CC(N)=O)NC(=O)[C@H](Cc1ccccc1)NC(=O)[C@H](CC[Se]C)NC(=O)[C@@H]1CCCN1. The van der Waals surface area contributed by atoms with Crippen molar-refractivity contribution in [3.05, 3.63) is 71.8 Å². The maximum absolute atomic E-state index is 14.0.